The first kappa shape index (κ1) is 13.2. The topological polar surface area (TPSA) is 50.2 Å². The molecule has 0 bridgehead atoms. The third-order valence-electron chi connectivity index (χ3n) is 3.43. The number of carboxylic acid groups (broad SMARTS) is 1. The number of nitrogens with zero attached hydrogens (tertiary/aromatic N) is 1. The third kappa shape index (κ3) is 2.48. The van der Waals surface area contributed by atoms with Crippen LogP contribution in [0.5, 0.6) is 0 Å². The Labute approximate surface area is 120 Å². The van der Waals surface area contributed by atoms with Gasteiger partial charge in [-0.3, -0.25) is 4.98 Å². The first-order chi connectivity index (χ1) is 10.2. The molecule has 0 atom stereocenters. The van der Waals surface area contributed by atoms with Crippen LogP contribution in [0.2, 0.25) is 0 Å². The van der Waals surface area contributed by atoms with E-state index in [-0.39, 0.29) is 5.56 Å². The average molecular weight is 281 g/mol. The highest BCUT2D eigenvalue weighted by Gasteiger charge is 2.16. The minimum atomic E-state index is -1.25. The molecule has 0 saturated carbocycles. The van der Waals surface area contributed by atoms with Crippen LogP contribution in [0, 0.1) is 5.82 Å². The maximum absolute atomic E-state index is 13.7. The fraction of sp³-hybridized carbons (Fsp3) is 0.0588. The fourth-order valence-electron chi connectivity index (χ4n) is 2.47. The van der Waals surface area contributed by atoms with Gasteiger partial charge in [-0.1, -0.05) is 30.3 Å². The number of hydrogen-bond donors (Lipinski definition) is 1. The van der Waals surface area contributed by atoms with Crippen LogP contribution in [0.3, 0.4) is 0 Å². The number of aromatic nitrogens is 1. The quantitative estimate of drug-likeness (QED) is 0.797. The van der Waals surface area contributed by atoms with E-state index in [0.717, 1.165) is 22.5 Å². The summed E-state index contributed by atoms with van der Waals surface area (Å²) in [6.07, 6.45) is 2.03. The summed E-state index contributed by atoms with van der Waals surface area (Å²) in [7, 11) is 0. The number of halogens is 1. The summed E-state index contributed by atoms with van der Waals surface area (Å²) in [5.74, 6) is -1.96. The molecule has 3 nitrogen and oxygen atoms in total. The highest BCUT2D eigenvalue weighted by Crippen LogP contribution is 2.22. The molecule has 3 aromatic rings. The Bertz CT molecular complexity index is 825. The molecule has 104 valence electrons. The van der Waals surface area contributed by atoms with Gasteiger partial charge in [0.15, 0.2) is 0 Å². The molecule has 0 spiro atoms. The molecule has 0 aliphatic heterocycles. The molecule has 0 amide bonds. The van der Waals surface area contributed by atoms with Gasteiger partial charge in [-0.15, -0.1) is 0 Å². The summed E-state index contributed by atoms with van der Waals surface area (Å²) in [6, 6.07) is 13.8. The van der Waals surface area contributed by atoms with Crippen LogP contribution in [0.25, 0.3) is 10.9 Å². The van der Waals surface area contributed by atoms with E-state index < -0.39 is 11.8 Å². The molecule has 0 radical (unpaired) electrons. The van der Waals surface area contributed by atoms with Crippen molar-refractivity contribution >= 4 is 16.9 Å². The molecular formula is C17H12FNO2. The summed E-state index contributed by atoms with van der Waals surface area (Å²) in [6.45, 7) is 0. The number of rotatable bonds is 3. The van der Waals surface area contributed by atoms with Gasteiger partial charge in [0.25, 0.3) is 0 Å². The van der Waals surface area contributed by atoms with Crippen molar-refractivity contribution in [2.24, 2.45) is 0 Å². The first-order valence-corrected chi connectivity index (χ1v) is 6.50. The molecule has 0 aliphatic carbocycles. The minimum absolute atomic E-state index is 0.265. The van der Waals surface area contributed by atoms with Gasteiger partial charge in [-0.25, -0.2) is 9.18 Å². The van der Waals surface area contributed by atoms with Crippen molar-refractivity contribution in [3.05, 3.63) is 77.2 Å². The van der Waals surface area contributed by atoms with Gasteiger partial charge in [-0.2, -0.15) is 0 Å². The van der Waals surface area contributed by atoms with Crippen molar-refractivity contribution in [2.75, 3.05) is 0 Å². The van der Waals surface area contributed by atoms with Gasteiger partial charge >= 0.3 is 5.97 Å². The molecular weight excluding hydrogens is 269 g/mol. The lowest BCUT2D eigenvalue weighted by Crippen LogP contribution is -2.06. The second-order valence-electron chi connectivity index (χ2n) is 4.74. The predicted octanol–water partition coefficient (Wildman–Crippen LogP) is 3.66. The molecule has 0 aliphatic rings. The zero-order valence-electron chi connectivity index (χ0n) is 11.1. The second kappa shape index (κ2) is 5.32. The Morgan fingerprint density at radius 3 is 2.67 bits per heavy atom. The smallest absolute Gasteiger partial charge is 0.338 e. The Balaban J connectivity index is 2.12. The number of pyridine rings is 1. The monoisotopic (exact) mass is 281 g/mol. The van der Waals surface area contributed by atoms with Crippen molar-refractivity contribution in [1.29, 1.82) is 0 Å². The third-order valence-corrected chi connectivity index (χ3v) is 3.43. The summed E-state index contributed by atoms with van der Waals surface area (Å²) >= 11 is 0. The van der Waals surface area contributed by atoms with Gasteiger partial charge in [0.2, 0.25) is 0 Å². The molecule has 1 aromatic heterocycles. The highest BCUT2D eigenvalue weighted by atomic mass is 19.1. The van der Waals surface area contributed by atoms with Crippen LogP contribution >= 0.6 is 0 Å². The van der Waals surface area contributed by atoms with Crippen LogP contribution in [0.15, 0.2) is 54.7 Å². The van der Waals surface area contributed by atoms with E-state index in [0.29, 0.717) is 12.0 Å². The van der Waals surface area contributed by atoms with Crippen LogP contribution in [0.1, 0.15) is 21.5 Å². The van der Waals surface area contributed by atoms with E-state index in [2.05, 4.69) is 4.98 Å². The largest absolute Gasteiger partial charge is 0.478 e. The van der Waals surface area contributed by atoms with Gasteiger partial charge in [0.05, 0.1) is 11.1 Å². The van der Waals surface area contributed by atoms with Crippen LogP contribution in [-0.2, 0) is 6.42 Å². The maximum Gasteiger partial charge on any atom is 0.338 e. The van der Waals surface area contributed by atoms with E-state index in [9.17, 15) is 14.3 Å². The Morgan fingerprint density at radius 1 is 1.05 bits per heavy atom. The van der Waals surface area contributed by atoms with Crippen molar-refractivity contribution in [2.45, 2.75) is 6.42 Å². The van der Waals surface area contributed by atoms with Gasteiger partial charge < -0.3 is 5.11 Å². The van der Waals surface area contributed by atoms with E-state index in [1.807, 2.05) is 30.3 Å². The number of carbonyl (C=O) groups is 1. The van der Waals surface area contributed by atoms with E-state index in [1.165, 1.54) is 6.07 Å². The molecule has 0 saturated heterocycles. The lowest BCUT2D eigenvalue weighted by molar-refractivity contribution is 0.0691. The fourth-order valence-corrected chi connectivity index (χ4v) is 2.47. The number of benzene rings is 2. The predicted molar refractivity (Wildman–Crippen MR) is 77.9 cm³/mol. The molecule has 1 N–H and O–H groups in total. The maximum atomic E-state index is 13.7. The number of para-hydroxylation sites is 1. The highest BCUT2D eigenvalue weighted by molar-refractivity contribution is 5.90. The normalized spacial score (nSPS) is 10.7. The molecule has 2 aromatic carbocycles. The van der Waals surface area contributed by atoms with Gasteiger partial charge in [0, 0.05) is 11.6 Å². The Kier molecular flexibility index (Phi) is 3.36. The van der Waals surface area contributed by atoms with Crippen molar-refractivity contribution in [3.8, 4) is 0 Å². The Hall–Kier alpha value is -2.75. The first-order valence-electron chi connectivity index (χ1n) is 6.50. The lowest BCUT2D eigenvalue weighted by Gasteiger charge is -2.09. The lowest BCUT2D eigenvalue weighted by atomic mass is 9.97. The van der Waals surface area contributed by atoms with Gasteiger partial charge in [-0.05, 0) is 35.7 Å². The van der Waals surface area contributed by atoms with Crippen molar-refractivity contribution in [3.63, 3.8) is 0 Å². The standard InChI is InChI=1S/C17H12FNO2/c18-14-6-3-4-12(16(14)17(20)21)10-11-8-9-19-15-7-2-1-5-13(11)15/h1-9H,10H2,(H,20,21). The van der Waals surface area contributed by atoms with E-state index in [1.54, 1.807) is 12.3 Å². The molecule has 0 fully saturated rings. The van der Waals surface area contributed by atoms with Crippen LogP contribution in [-0.4, -0.2) is 16.1 Å². The summed E-state index contributed by atoms with van der Waals surface area (Å²) < 4.78 is 13.7. The number of hydrogen-bond acceptors (Lipinski definition) is 2. The zero-order valence-corrected chi connectivity index (χ0v) is 11.1. The molecule has 4 heteroatoms. The van der Waals surface area contributed by atoms with Crippen molar-refractivity contribution < 1.29 is 14.3 Å². The second-order valence-corrected chi connectivity index (χ2v) is 4.74. The molecule has 1 heterocycles. The minimum Gasteiger partial charge on any atom is -0.478 e. The SMILES string of the molecule is O=C(O)c1c(F)cccc1Cc1ccnc2ccccc12. The van der Waals surface area contributed by atoms with Gasteiger partial charge in [0.1, 0.15) is 5.82 Å². The van der Waals surface area contributed by atoms with Crippen LogP contribution in [0.4, 0.5) is 4.39 Å². The van der Waals surface area contributed by atoms with Crippen LogP contribution < -0.4 is 0 Å². The molecule has 3 rings (SSSR count). The van der Waals surface area contributed by atoms with E-state index >= 15 is 0 Å². The summed E-state index contributed by atoms with van der Waals surface area (Å²) in [5.41, 5.74) is 1.95. The number of fused-ring (bicyclic) bond motifs is 1. The average Bonchev–Trinajstić information content (AvgIpc) is 2.47. The molecule has 0 unspecified atom stereocenters. The molecule has 21 heavy (non-hydrogen) atoms. The van der Waals surface area contributed by atoms with Crippen molar-refractivity contribution in [1.82, 2.24) is 4.98 Å². The van der Waals surface area contributed by atoms with E-state index in [4.69, 9.17) is 0 Å². The number of aromatic carboxylic acids is 1. The Morgan fingerprint density at radius 2 is 1.86 bits per heavy atom. The summed E-state index contributed by atoms with van der Waals surface area (Å²) in [4.78, 5) is 15.5. The summed E-state index contributed by atoms with van der Waals surface area (Å²) in [5, 5.41) is 10.1. The zero-order chi connectivity index (χ0) is 14.8. The number of carboxylic acids is 1.